The van der Waals surface area contributed by atoms with E-state index in [9.17, 15) is 18.8 Å². The lowest BCUT2D eigenvalue weighted by molar-refractivity contribution is -0.118. The Labute approximate surface area is 197 Å². The Morgan fingerprint density at radius 2 is 1.58 bits per heavy atom. The molecule has 0 bridgehead atoms. The number of thioether (sulfide) groups is 1. The number of ether oxygens (including phenoxy) is 1. The number of carbonyl (C=O) groups excluding carboxylic acids is 3. The average molecular weight is 474 g/mol. The highest BCUT2D eigenvalue weighted by Crippen LogP contribution is 2.15. The highest BCUT2D eigenvalue weighted by Gasteiger charge is 2.26. The maximum absolute atomic E-state index is 12.9. The molecule has 0 spiro atoms. The molecule has 176 valence electrons. The number of halogens is 1. The predicted molar refractivity (Wildman–Crippen MR) is 127 cm³/mol. The lowest BCUT2D eigenvalue weighted by Gasteiger charge is -2.35. The lowest BCUT2D eigenvalue weighted by atomic mass is 10.1. The molecule has 0 aromatic heterocycles. The molecule has 1 aliphatic rings. The number of hydrogen-bond donors (Lipinski definition) is 2. The van der Waals surface area contributed by atoms with Crippen LogP contribution in [0.2, 0.25) is 0 Å². The molecular formula is C24H28FN3O4S. The number of anilines is 1. The summed E-state index contributed by atoms with van der Waals surface area (Å²) in [5.41, 5.74) is 1.99. The second kappa shape index (κ2) is 11.8. The Morgan fingerprint density at radius 1 is 0.970 bits per heavy atom. The van der Waals surface area contributed by atoms with Gasteiger partial charge < -0.3 is 20.3 Å². The van der Waals surface area contributed by atoms with Gasteiger partial charge in [-0.2, -0.15) is 0 Å². The van der Waals surface area contributed by atoms with Crippen molar-refractivity contribution in [1.82, 2.24) is 10.2 Å². The lowest BCUT2D eigenvalue weighted by Crippen LogP contribution is -2.48. The van der Waals surface area contributed by atoms with Crippen molar-refractivity contribution in [2.24, 2.45) is 0 Å². The van der Waals surface area contributed by atoms with Crippen molar-refractivity contribution in [2.45, 2.75) is 32.6 Å². The minimum Gasteiger partial charge on any atom is -0.372 e. The minimum atomic E-state index is -0.373. The van der Waals surface area contributed by atoms with E-state index in [1.807, 2.05) is 26.0 Å². The van der Waals surface area contributed by atoms with Crippen molar-refractivity contribution in [1.29, 1.82) is 0 Å². The van der Waals surface area contributed by atoms with Crippen LogP contribution in [0, 0.1) is 5.82 Å². The minimum absolute atomic E-state index is 0.0130. The number of morpholine rings is 1. The van der Waals surface area contributed by atoms with Crippen molar-refractivity contribution >= 4 is 35.2 Å². The third-order valence-electron chi connectivity index (χ3n) is 4.99. The van der Waals surface area contributed by atoms with Crippen LogP contribution >= 0.6 is 11.8 Å². The summed E-state index contributed by atoms with van der Waals surface area (Å²) in [5, 5.41) is 5.45. The Hall–Kier alpha value is -2.91. The fourth-order valence-corrected chi connectivity index (χ4v) is 4.16. The van der Waals surface area contributed by atoms with E-state index in [-0.39, 0.29) is 47.3 Å². The summed E-state index contributed by atoms with van der Waals surface area (Å²) in [5.74, 6) is -0.597. The molecule has 2 N–H and O–H groups in total. The van der Waals surface area contributed by atoms with E-state index in [0.717, 1.165) is 5.56 Å². The van der Waals surface area contributed by atoms with Gasteiger partial charge in [0.15, 0.2) is 0 Å². The molecule has 0 radical (unpaired) electrons. The van der Waals surface area contributed by atoms with Crippen molar-refractivity contribution in [2.75, 3.05) is 29.9 Å². The molecule has 1 aliphatic heterocycles. The average Bonchev–Trinajstić information content (AvgIpc) is 2.78. The first kappa shape index (κ1) is 24.7. The molecule has 1 fully saturated rings. The fraction of sp³-hybridized carbons (Fsp3) is 0.375. The molecule has 0 saturated carbocycles. The van der Waals surface area contributed by atoms with Gasteiger partial charge in [0.2, 0.25) is 11.8 Å². The van der Waals surface area contributed by atoms with Gasteiger partial charge in [-0.25, -0.2) is 4.39 Å². The van der Waals surface area contributed by atoms with E-state index < -0.39 is 0 Å². The Balaban J connectivity index is 1.37. The molecule has 0 aliphatic carbocycles. The van der Waals surface area contributed by atoms with Crippen LogP contribution in [0.15, 0.2) is 48.5 Å². The number of nitrogens with one attached hydrogen (secondary N) is 2. The van der Waals surface area contributed by atoms with Gasteiger partial charge >= 0.3 is 0 Å². The normalized spacial score (nSPS) is 18.0. The molecule has 3 amide bonds. The van der Waals surface area contributed by atoms with E-state index >= 15 is 0 Å². The van der Waals surface area contributed by atoms with Gasteiger partial charge in [0.25, 0.3) is 5.91 Å². The van der Waals surface area contributed by atoms with Crippen LogP contribution < -0.4 is 10.6 Å². The topological polar surface area (TPSA) is 87.7 Å². The largest absolute Gasteiger partial charge is 0.372 e. The third kappa shape index (κ3) is 7.87. The molecule has 2 aromatic carbocycles. The van der Waals surface area contributed by atoms with Crippen LogP contribution in [0.4, 0.5) is 10.1 Å². The summed E-state index contributed by atoms with van der Waals surface area (Å²) in [4.78, 5) is 38.5. The van der Waals surface area contributed by atoms with Crippen molar-refractivity contribution < 1.29 is 23.5 Å². The molecule has 3 rings (SSSR count). The van der Waals surface area contributed by atoms with Gasteiger partial charge in [-0.05, 0) is 55.8 Å². The summed E-state index contributed by atoms with van der Waals surface area (Å²) in [7, 11) is 0. The monoisotopic (exact) mass is 473 g/mol. The van der Waals surface area contributed by atoms with Crippen LogP contribution in [0.25, 0.3) is 0 Å². The van der Waals surface area contributed by atoms with E-state index in [4.69, 9.17) is 4.74 Å². The third-order valence-corrected chi connectivity index (χ3v) is 5.92. The van der Waals surface area contributed by atoms with Crippen molar-refractivity contribution in [3.8, 4) is 0 Å². The number of amides is 3. The smallest absolute Gasteiger partial charge is 0.254 e. The van der Waals surface area contributed by atoms with Gasteiger partial charge in [-0.1, -0.05) is 12.1 Å². The highest BCUT2D eigenvalue weighted by atomic mass is 32.2. The summed E-state index contributed by atoms with van der Waals surface area (Å²) < 4.78 is 18.6. The van der Waals surface area contributed by atoms with Gasteiger partial charge in [-0.15, -0.1) is 11.8 Å². The number of carbonyl (C=O) groups is 3. The first-order chi connectivity index (χ1) is 15.8. The van der Waals surface area contributed by atoms with Crippen molar-refractivity contribution in [3.05, 3.63) is 65.5 Å². The van der Waals surface area contributed by atoms with Crippen LogP contribution in [0.1, 0.15) is 29.8 Å². The Bertz CT molecular complexity index is 959. The summed E-state index contributed by atoms with van der Waals surface area (Å²) >= 11 is 1.19. The number of nitrogens with zero attached hydrogens (tertiary/aromatic N) is 1. The molecule has 33 heavy (non-hydrogen) atoms. The zero-order valence-electron chi connectivity index (χ0n) is 18.7. The molecule has 1 saturated heterocycles. The van der Waals surface area contributed by atoms with Crippen LogP contribution in [-0.2, 0) is 20.9 Å². The molecule has 7 nitrogen and oxygen atoms in total. The molecule has 2 atom stereocenters. The standard InChI is InChI=1S/C24H28FN3O4S/c1-16-12-28(13-17(2)32-16)24(31)19-5-3-18(4-6-19)11-26-22(29)14-33-15-23(30)27-21-9-7-20(25)8-10-21/h3-10,16-17H,11-15H2,1-2H3,(H,26,29)(H,27,30). The van der Waals surface area contributed by atoms with Crippen molar-refractivity contribution in [3.63, 3.8) is 0 Å². The van der Waals surface area contributed by atoms with Gasteiger partial charge in [-0.3, -0.25) is 14.4 Å². The van der Waals surface area contributed by atoms with Gasteiger partial charge in [0.1, 0.15) is 5.82 Å². The van der Waals surface area contributed by atoms with Gasteiger partial charge in [0, 0.05) is 30.9 Å². The van der Waals surface area contributed by atoms with Gasteiger partial charge in [0.05, 0.1) is 23.7 Å². The quantitative estimate of drug-likeness (QED) is 0.615. The maximum atomic E-state index is 12.9. The second-order valence-electron chi connectivity index (χ2n) is 7.99. The fourth-order valence-electron chi connectivity index (χ4n) is 3.51. The zero-order valence-corrected chi connectivity index (χ0v) is 19.5. The number of hydrogen-bond acceptors (Lipinski definition) is 5. The second-order valence-corrected chi connectivity index (χ2v) is 8.97. The highest BCUT2D eigenvalue weighted by molar-refractivity contribution is 8.00. The Kier molecular flexibility index (Phi) is 8.85. The summed E-state index contributed by atoms with van der Waals surface area (Å²) in [6.07, 6.45) is 0.0260. The van der Waals surface area contributed by atoms with E-state index in [2.05, 4.69) is 10.6 Å². The molecule has 1 heterocycles. The first-order valence-corrected chi connectivity index (χ1v) is 11.9. The molecular weight excluding hydrogens is 445 g/mol. The number of benzene rings is 2. The van der Waals surface area contributed by atoms with E-state index in [1.54, 1.807) is 17.0 Å². The summed E-state index contributed by atoms with van der Waals surface area (Å²) in [6, 6.07) is 12.7. The molecule has 9 heteroatoms. The maximum Gasteiger partial charge on any atom is 0.254 e. The number of rotatable bonds is 8. The predicted octanol–water partition coefficient (Wildman–Crippen LogP) is 3.06. The zero-order chi connectivity index (χ0) is 23.8. The first-order valence-electron chi connectivity index (χ1n) is 10.7. The SMILES string of the molecule is CC1CN(C(=O)c2ccc(CNC(=O)CSCC(=O)Nc3ccc(F)cc3)cc2)CC(C)O1. The van der Waals surface area contributed by atoms with Crippen LogP contribution in [-0.4, -0.2) is 59.4 Å². The van der Waals surface area contributed by atoms with E-state index in [1.165, 1.54) is 36.0 Å². The molecule has 2 unspecified atom stereocenters. The molecule has 2 aromatic rings. The Morgan fingerprint density at radius 3 is 2.21 bits per heavy atom. The van der Waals surface area contributed by atoms with Crippen LogP contribution in [0.5, 0.6) is 0 Å². The van der Waals surface area contributed by atoms with E-state index in [0.29, 0.717) is 30.9 Å². The van der Waals surface area contributed by atoms with Crippen LogP contribution in [0.3, 0.4) is 0 Å². The summed E-state index contributed by atoms with van der Waals surface area (Å²) in [6.45, 7) is 5.39.